The van der Waals surface area contributed by atoms with Crippen LogP contribution < -0.4 is 0 Å². The van der Waals surface area contributed by atoms with Crippen LogP contribution >= 0.6 is 11.8 Å². The Hall–Kier alpha value is 0.0200. The lowest BCUT2D eigenvalue weighted by Gasteiger charge is -2.04. The van der Waals surface area contributed by atoms with E-state index in [4.69, 9.17) is 0 Å². The quantitative estimate of drug-likeness (QED) is 0.645. The fourth-order valence-electron chi connectivity index (χ4n) is 1.60. The van der Waals surface area contributed by atoms with Gasteiger partial charge in [0, 0.05) is 11.7 Å². The molecule has 0 aromatic carbocycles. The van der Waals surface area contributed by atoms with Crippen molar-refractivity contribution in [1.29, 1.82) is 0 Å². The largest absolute Gasteiger partial charge is 0.298 e. The molecule has 0 aromatic heterocycles. The van der Waals surface area contributed by atoms with Crippen LogP contribution in [0.3, 0.4) is 0 Å². The van der Waals surface area contributed by atoms with Crippen LogP contribution in [-0.4, -0.2) is 17.3 Å². The SMILES string of the molecule is O=C1CSCC1CCC1CC1. The van der Waals surface area contributed by atoms with Crippen molar-refractivity contribution in [2.24, 2.45) is 11.8 Å². The zero-order valence-corrected chi connectivity index (χ0v) is 7.53. The van der Waals surface area contributed by atoms with E-state index < -0.39 is 0 Å². The van der Waals surface area contributed by atoms with Crippen LogP contribution in [0.2, 0.25) is 0 Å². The molecule has 1 aliphatic carbocycles. The van der Waals surface area contributed by atoms with Gasteiger partial charge in [-0.3, -0.25) is 4.79 Å². The van der Waals surface area contributed by atoms with E-state index in [0.717, 1.165) is 17.4 Å². The Morgan fingerprint density at radius 1 is 1.36 bits per heavy atom. The average Bonchev–Trinajstić information content (AvgIpc) is 2.73. The Morgan fingerprint density at radius 2 is 2.18 bits per heavy atom. The number of Topliss-reactive ketones (excluding diaryl/α,β-unsaturated/α-hetero) is 1. The van der Waals surface area contributed by atoms with Gasteiger partial charge in [0.05, 0.1) is 5.75 Å². The molecular weight excluding hydrogens is 156 g/mol. The molecule has 0 bridgehead atoms. The van der Waals surface area contributed by atoms with Crippen molar-refractivity contribution in [2.75, 3.05) is 11.5 Å². The average molecular weight is 170 g/mol. The number of hydrogen-bond donors (Lipinski definition) is 0. The highest BCUT2D eigenvalue weighted by Crippen LogP contribution is 2.36. The van der Waals surface area contributed by atoms with Crippen LogP contribution in [0, 0.1) is 11.8 Å². The summed E-state index contributed by atoms with van der Waals surface area (Å²) in [6.45, 7) is 0. The van der Waals surface area contributed by atoms with Gasteiger partial charge < -0.3 is 0 Å². The lowest BCUT2D eigenvalue weighted by Crippen LogP contribution is -2.10. The second kappa shape index (κ2) is 3.18. The molecule has 0 amide bonds. The smallest absolute Gasteiger partial charge is 0.146 e. The van der Waals surface area contributed by atoms with Gasteiger partial charge in [-0.15, -0.1) is 0 Å². The van der Waals surface area contributed by atoms with Gasteiger partial charge in [0.15, 0.2) is 0 Å². The summed E-state index contributed by atoms with van der Waals surface area (Å²) in [5, 5.41) is 0. The lowest BCUT2D eigenvalue weighted by atomic mass is 10.00. The van der Waals surface area contributed by atoms with Gasteiger partial charge in [-0.2, -0.15) is 11.8 Å². The Balaban J connectivity index is 1.71. The molecule has 0 radical (unpaired) electrons. The molecule has 1 saturated carbocycles. The first-order valence-corrected chi connectivity index (χ1v) is 5.62. The Kier molecular flexibility index (Phi) is 2.21. The van der Waals surface area contributed by atoms with Gasteiger partial charge in [-0.05, 0) is 18.8 Å². The normalized spacial score (nSPS) is 31.3. The molecule has 1 nitrogen and oxygen atoms in total. The predicted octanol–water partition coefficient (Wildman–Crippen LogP) is 2.11. The van der Waals surface area contributed by atoms with Crippen LogP contribution in [0.1, 0.15) is 25.7 Å². The molecule has 2 rings (SSSR count). The number of thioether (sulfide) groups is 1. The zero-order chi connectivity index (χ0) is 7.68. The molecule has 0 aromatic rings. The number of hydrogen-bond acceptors (Lipinski definition) is 2. The van der Waals surface area contributed by atoms with Crippen LogP contribution in [0.15, 0.2) is 0 Å². The molecule has 1 unspecified atom stereocenters. The van der Waals surface area contributed by atoms with E-state index in [1.807, 2.05) is 11.8 Å². The fourth-order valence-corrected chi connectivity index (χ4v) is 2.79. The molecular formula is C9H14OS. The third kappa shape index (κ3) is 1.98. The first-order chi connectivity index (χ1) is 5.36. The number of rotatable bonds is 3. The molecule has 62 valence electrons. The van der Waals surface area contributed by atoms with Crippen molar-refractivity contribution in [3.8, 4) is 0 Å². The molecule has 1 atom stereocenters. The number of carbonyl (C=O) groups is 1. The van der Waals surface area contributed by atoms with E-state index in [1.54, 1.807) is 0 Å². The molecule has 1 aliphatic heterocycles. The molecule has 11 heavy (non-hydrogen) atoms. The minimum atomic E-state index is 0.431. The summed E-state index contributed by atoms with van der Waals surface area (Å²) < 4.78 is 0. The molecule has 1 heterocycles. The summed E-state index contributed by atoms with van der Waals surface area (Å²) in [5.41, 5.74) is 0. The van der Waals surface area contributed by atoms with Crippen LogP contribution in [-0.2, 0) is 4.79 Å². The standard InChI is InChI=1S/C9H14OS/c10-9-6-11-5-8(9)4-3-7-1-2-7/h7-8H,1-6H2. The molecule has 0 spiro atoms. The highest BCUT2D eigenvalue weighted by Gasteiger charge is 2.28. The maximum atomic E-state index is 11.2. The van der Waals surface area contributed by atoms with Crippen LogP contribution in [0.4, 0.5) is 0 Å². The number of carbonyl (C=O) groups excluding carboxylic acids is 1. The second-order valence-electron chi connectivity index (χ2n) is 3.70. The van der Waals surface area contributed by atoms with Crippen molar-refractivity contribution in [1.82, 2.24) is 0 Å². The minimum Gasteiger partial charge on any atom is -0.298 e. The highest BCUT2D eigenvalue weighted by atomic mass is 32.2. The Bertz CT molecular complexity index is 163. The van der Waals surface area contributed by atoms with Crippen LogP contribution in [0.5, 0.6) is 0 Å². The van der Waals surface area contributed by atoms with Crippen molar-refractivity contribution in [3.05, 3.63) is 0 Å². The molecule has 2 aliphatic rings. The zero-order valence-electron chi connectivity index (χ0n) is 6.71. The van der Waals surface area contributed by atoms with Crippen molar-refractivity contribution < 1.29 is 4.79 Å². The van der Waals surface area contributed by atoms with Crippen LogP contribution in [0.25, 0.3) is 0 Å². The van der Waals surface area contributed by atoms with E-state index in [0.29, 0.717) is 11.7 Å². The summed E-state index contributed by atoms with van der Waals surface area (Å²) in [6.07, 6.45) is 5.34. The predicted molar refractivity (Wildman–Crippen MR) is 47.8 cm³/mol. The van der Waals surface area contributed by atoms with E-state index >= 15 is 0 Å². The van der Waals surface area contributed by atoms with Gasteiger partial charge in [0.25, 0.3) is 0 Å². The van der Waals surface area contributed by atoms with E-state index in [9.17, 15) is 4.79 Å². The van der Waals surface area contributed by atoms with Gasteiger partial charge in [-0.25, -0.2) is 0 Å². The van der Waals surface area contributed by atoms with E-state index in [2.05, 4.69) is 0 Å². The fraction of sp³-hybridized carbons (Fsp3) is 0.889. The maximum absolute atomic E-state index is 11.2. The molecule has 2 fully saturated rings. The summed E-state index contributed by atoms with van der Waals surface area (Å²) in [5.74, 6) is 3.82. The maximum Gasteiger partial charge on any atom is 0.146 e. The second-order valence-corrected chi connectivity index (χ2v) is 4.73. The van der Waals surface area contributed by atoms with Gasteiger partial charge in [-0.1, -0.05) is 12.8 Å². The third-order valence-corrected chi connectivity index (χ3v) is 3.77. The van der Waals surface area contributed by atoms with Gasteiger partial charge in [0.1, 0.15) is 5.78 Å². The Labute approximate surface area is 71.9 Å². The monoisotopic (exact) mass is 170 g/mol. The first kappa shape index (κ1) is 7.66. The summed E-state index contributed by atoms with van der Waals surface area (Å²) in [4.78, 5) is 11.2. The minimum absolute atomic E-state index is 0.431. The summed E-state index contributed by atoms with van der Waals surface area (Å²) in [6, 6.07) is 0. The lowest BCUT2D eigenvalue weighted by molar-refractivity contribution is -0.119. The van der Waals surface area contributed by atoms with Gasteiger partial charge >= 0.3 is 0 Å². The van der Waals surface area contributed by atoms with Crippen molar-refractivity contribution >= 4 is 17.5 Å². The van der Waals surface area contributed by atoms with Crippen molar-refractivity contribution in [2.45, 2.75) is 25.7 Å². The summed E-state index contributed by atoms with van der Waals surface area (Å²) in [7, 11) is 0. The Morgan fingerprint density at radius 3 is 2.73 bits per heavy atom. The number of ketones is 1. The van der Waals surface area contributed by atoms with Crippen molar-refractivity contribution in [3.63, 3.8) is 0 Å². The summed E-state index contributed by atoms with van der Waals surface area (Å²) >= 11 is 1.81. The van der Waals surface area contributed by atoms with Gasteiger partial charge in [0.2, 0.25) is 0 Å². The van der Waals surface area contributed by atoms with E-state index in [1.165, 1.54) is 25.7 Å². The first-order valence-electron chi connectivity index (χ1n) is 4.46. The third-order valence-electron chi connectivity index (χ3n) is 2.64. The molecule has 0 N–H and O–H groups in total. The molecule has 1 saturated heterocycles. The highest BCUT2D eigenvalue weighted by molar-refractivity contribution is 8.00. The topological polar surface area (TPSA) is 17.1 Å². The molecule has 2 heteroatoms. The van der Waals surface area contributed by atoms with E-state index in [-0.39, 0.29) is 0 Å².